The van der Waals surface area contributed by atoms with Crippen LogP contribution in [0, 0.1) is 0 Å². The SMILES string of the molecule is CC1(C)OB(C(F)=C2CC3(CCCC3)Oc3cccc(O)c32)OC1(C)C. The third-order valence-electron chi connectivity index (χ3n) is 6.39. The maximum absolute atomic E-state index is 15.6. The Labute approximate surface area is 154 Å². The lowest BCUT2D eigenvalue weighted by Gasteiger charge is -2.37. The molecule has 3 aliphatic rings. The van der Waals surface area contributed by atoms with Crippen molar-refractivity contribution in [3.05, 3.63) is 29.5 Å². The highest BCUT2D eigenvalue weighted by Gasteiger charge is 2.54. The van der Waals surface area contributed by atoms with E-state index in [-0.39, 0.29) is 5.75 Å². The molecule has 2 fully saturated rings. The van der Waals surface area contributed by atoms with E-state index in [2.05, 4.69) is 0 Å². The second-order valence-electron chi connectivity index (χ2n) is 8.73. The Morgan fingerprint density at radius 2 is 1.69 bits per heavy atom. The van der Waals surface area contributed by atoms with E-state index >= 15 is 4.39 Å². The molecule has 1 aromatic rings. The van der Waals surface area contributed by atoms with Gasteiger partial charge in [-0.05, 0) is 71.1 Å². The first-order chi connectivity index (χ1) is 12.1. The van der Waals surface area contributed by atoms with Crippen molar-refractivity contribution in [1.29, 1.82) is 0 Å². The summed E-state index contributed by atoms with van der Waals surface area (Å²) in [5, 5.41) is 10.4. The van der Waals surface area contributed by atoms with Gasteiger partial charge in [-0.15, -0.1) is 0 Å². The first-order valence-corrected chi connectivity index (χ1v) is 9.40. The van der Waals surface area contributed by atoms with E-state index in [0.29, 0.717) is 23.3 Å². The summed E-state index contributed by atoms with van der Waals surface area (Å²) in [7, 11) is -1.07. The zero-order valence-electron chi connectivity index (χ0n) is 15.9. The van der Waals surface area contributed by atoms with Gasteiger partial charge in [-0.1, -0.05) is 6.07 Å². The summed E-state index contributed by atoms with van der Waals surface area (Å²) in [5.41, 5.74) is -1.21. The molecule has 4 rings (SSSR count). The van der Waals surface area contributed by atoms with E-state index in [4.69, 9.17) is 14.0 Å². The zero-order chi connectivity index (χ0) is 18.7. The van der Waals surface area contributed by atoms with Crippen molar-refractivity contribution < 1.29 is 23.5 Å². The number of fused-ring (bicyclic) bond motifs is 1. The predicted octanol–water partition coefficient (Wildman–Crippen LogP) is 4.80. The van der Waals surface area contributed by atoms with Gasteiger partial charge in [0.2, 0.25) is 0 Å². The first-order valence-electron chi connectivity index (χ1n) is 9.40. The van der Waals surface area contributed by atoms with Gasteiger partial charge in [-0.25, -0.2) is 4.39 Å². The molecule has 1 aliphatic carbocycles. The van der Waals surface area contributed by atoms with E-state index < -0.39 is 29.6 Å². The number of hydrogen-bond donors (Lipinski definition) is 1. The van der Waals surface area contributed by atoms with Crippen molar-refractivity contribution in [2.45, 2.75) is 76.6 Å². The molecule has 4 nitrogen and oxygen atoms in total. The average Bonchev–Trinajstić information content (AvgIpc) is 3.08. The molecule has 2 aliphatic heterocycles. The maximum Gasteiger partial charge on any atom is 0.525 e. The van der Waals surface area contributed by atoms with Crippen LogP contribution in [0.3, 0.4) is 0 Å². The number of ether oxygens (including phenoxy) is 1. The molecule has 1 aromatic carbocycles. The topological polar surface area (TPSA) is 47.9 Å². The molecule has 0 unspecified atom stereocenters. The lowest BCUT2D eigenvalue weighted by molar-refractivity contribution is 0.00578. The highest BCUT2D eigenvalue weighted by Crippen LogP contribution is 2.52. The molecule has 26 heavy (non-hydrogen) atoms. The summed E-state index contributed by atoms with van der Waals surface area (Å²) in [5.74, 6) is 0.567. The van der Waals surface area contributed by atoms with Gasteiger partial charge in [0.05, 0.1) is 16.8 Å². The molecular weight excluding hydrogens is 334 g/mol. The molecule has 0 aromatic heterocycles. The van der Waals surface area contributed by atoms with Crippen molar-refractivity contribution in [2.75, 3.05) is 0 Å². The number of rotatable bonds is 1. The van der Waals surface area contributed by atoms with Crippen LogP contribution in [0.2, 0.25) is 0 Å². The first kappa shape index (κ1) is 17.9. The predicted molar refractivity (Wildman–Crippen MR) is 98.7 cm³/mol. The smallest absolute Gasteiger partial charge is 0.507 e. The van der Waals surface area contributed by atoms with Gasteiger partial charge < -0.3 is 19.2 Å². The number of phenols is 1. The van der Waals surface area contributed by atoms with Gasteiger partial charge in [0, 0.05) is 6.42 Å². The third-order valence-corrected chi connectivity index (χ3v) is 6.39. The number of hydrogen-bond acceptors (Lipinski definition) is 4. The number of phenolic OH excluding ortho intramolecular Hbond substituents is 1. The minimum atomic E-state index is -1.07. The van der Waals surface area contributed by atoms with Crippen LogP contribution < -0.4 is 4.74 Å². The Morgan fingerprint density at radius 3 is 2.31 bits per heavy atom. The van der Waals surface area contributed by atoms with Gasteiger partial charge in [0.25, 0.3) is 0 Å². The van der Waals surface area contributed by atoms with Crippen molar-refractivity contribution in [2.24, 2.45) is 0 Å². The van der Waals surface area contributed by atoms with Gasteiger partial charge >= 0.3 is 7.12 Å². The van der Waals surface area contributed by atoms with Crippen molar-refractivity contribution in [1.82, 2.24) is 0 Å². The number of benzene rings is 1. The fourth-order valence-corrected chi connectivity index (χ4v) is 4.18. The minimum absolute atomic E-state index is 0.0250. The molecular formula is C20H26BFO4. The van der Waals surface area contributed by atoms with Crippen LogP contribution >= 0.6 is 0 Å². The Balaban J connectivity index is 1.80. The van der Waals surface area contributed by atoms with Gasteiger partial charge in [-0.3, -0.25) is 0 Å². The maximum atomic E-state index is 15.6. The highest BCUT2D eigenvalue weighted by atomic mass is 19.1. The van der Waals surface area contributed by atoms with Crippen molar-refractivity contribution in [3.63, 3.8) is 0 Å². The van der Waals surface area contributed by atoms with Crippen LogP contribution in [-0.2, 0) is 9.31 Å². The molecule has 1 saturated heterocycles. The van der Waals surface area contributed by atoms with Gasteiger partial charge in [0.1, 0.15) is 22.8 Å². The Morgan fingerprint density at radius 1 is 1.08 bits per heavy atom. The second kappa shape index (κ2) is 5.73. The van der Waals surface area contributed by atoms with Gasteiger partial charge in [-0.2, -0.15) is 0 Å². The summed E-state index contributed by atoms with van der Waals surface area (Å²) in [4.78, 5) is 0. The van der Waals surface area contributed by atoms with Crippen LogP contribution in [0.15, 0.2) is 23.9 Å². The molecule has 0 atom stereocenters. The lowest BCUT2D eigenvalue weighted by atomic mass is 9.76. The largest absolute Gasteiger partial charge is 0.525 e. The molecule has 2 heterocycles. The average molecular weight is 360 g/mol. The fourth-order valence-electron chi connectivity index (χ4n) is 4.18. The highest BCUT2D eigenvalue weighted by molar-refractivity contribution is 6.55. The van der Waals surface area contributed by atoms with Crippen molar-refractivity contribution >= 4 is 12.7 Å². The molecule has 140 valence electrons. The van der Waals surface area contributed by atoms with Crippen LogP contribution in [0.5, 0.6) is 11.5 Å². The quantitative estimate of drug-likeness (QED) is 0.731. The number of aromatic hydroxyl groups is 1. The van der Waals surface area contributed by atoms with Crippen LogP contribution in [0.4, 0.5) is 4.39 Å². The lowest BCUT2D eigenvalue weighted by Crippen LogP contribution is -2.41. The summed E-state index contributed by atoms with van der Waals surface area (Å²) < 4.78 is 33.7. The molecule has 1 saturated carbocycles. The molecule has 1 N–H and O–H groups in total. The normalized spacial score (nSPS) is 27.3. The Kier molecular flexibility index (Phi) is 3.94. The fraction of sp³-hybridized carbons (Fsp3) is 0.600. The molecule has 0 bridgehead atoms. The summed E-state index contributed by atoms with van der Waals surface area (Å²) in [6.07, 6.45) is 4.34. The summed E-state index contributed by atoms with van der Waals surface area (Å²) >= 11 is 0. The van der Waals surface area contributed by atoms with E-state index in [9.17, 15) is 5.11 Å². The van der Waals surface area contributed by atoms with Gasteiger partial charge in [0.15, 0.2) is 0 Å². The Bertz CT molecular complexity index is 749. The van der Waals surface area contributed by atoms with Crippen LogP contribution in [0.25, 0.3) is 5.57 Å². The van der Waals surface area contributed by atoms with Crippen LogP contribution in [-0.4, -0.2) is 29.0 Å². The minimum Gasteiger partial charge on any atom is -0.507 e. The van der Waals surface area contributed by atoms with Crippen LogP contribution in [0.1, 0.15) is 65.4 Å². The molecule has 0 amide bonds. The third kappa shape index (κ3) is 2.66. The van der Waals surface area contributed by atoms with E-state index in [1.54, 1.807) is 18.2 Å². The van der Waals surface area contributed by atoms with E-state index in [1.165, 1.54) is 0 Å². The van der Waals surface area contributed by atoms with Crippen molar-refractivity contribution in [3.8, 4) is 11.5 Å². The Hall–Kier alpha value is -1.53. The molecule has 6 heteroatoms. The summed E-state index contributed by atoms with van der Waals surface area (Å²) in [6, 6.07) is 5.09. The monoisotopic (exact) mass is 360 g/mol. The van der Waals surface area contributed by atoms with E-state index in [0.717, 1.165) is 25.7 Å². The standard InChI is InChI=1S/C20H26BFO4/c1-18(2)19(3,4)26-21(25-18)17(22)13-12-20(10-5-6-11-20)24-15-9-7-8-14(23)16(13)15/h7-9,23H,5-6,10-12H2,1-4H3. The second-order valence-corrected chi connectivity index (χ2v) is 8.73. The van der Waals surface area contributed by atoms with E-state index in [1.807, 2.05) is 27.7 Å². The summed E-state index contributed by atoms with van der Waals surface area (Å²) in [6.45, 7) is 7.61. The molecule has 0 radical (unpaired) electrons. The number of halogens is 1. The zero-order valence-corrected chi connectivity index (χ0v) is 15.9. The molecule has 1 spiro atoms.